The highest BCUT2D eigenvalue weighted by atomic mass is 32.1. The van der Waals surface area contributed by atoms with Crippen LogP contribution in [-0.2, 0) is 0 Å². The van der Waals surface area contributed by atoms with Gasteiger partial charge in [-0.05, 0) is 26.8 Å². The van der Waals surface area contributed by atoms with Crippen LogP contribution in [-0.4, -0.2) is 23.1 Å². The van der Waals surface area contributed by atoms with E-state index in [1.165, 1.54) is 4.88 Å². The summed E-state index contributed by atoms with van der Waals surface area (Å²) in [4.78, 5) is 10.9. The molecule has 0 aliphatic heterocycles. The highest BCUT2D eigenvalue weighted by Gasteiger charge is 2.12. The van der Waals surface area contributed by atoms with E-state index in [9.17, 15) is 0 Å². The number of nitrogens with one attached hydrogen (secondary N) is 1. The molecule has 0 atom stereocenters. The maximum atomic E-state index is 5.70. The zero-order valence-electron chi connectivity index (χ0n) is 9.87. The lowest BCUT2D eigenvalue weighted by Crippen LogP contribution is -2.08. The Morgan fingerprint density at radius 3 is 2.75 bits per heavy atom. The summed E-state index contributed by atoms with van der Waals surface area (Å²) >= 11 is 1.65. The van der Waals surface area contributed by atoms with E-state index in [1.54, 1.807) is 18.4 Å². The van der Waals surface area contributed by atoms with Gasteiger partial charge in [0.2, 0.25) is 11.8 Å². The van der Waals surface area contributed by atoms with E-state index in [2.05, 4.69) is 28.3 Å². The van der Waals surface area contributed by atoms with Gasteiger partial charge < -0.3 is 10.1 Å². The van der Waals surface area contributed by atoms with E-state index < -0.39 is 0 Å². The molecule has 0 aromatic carbocycles. The lowest BCUT2D eigenvalue weighted by Gasteiger charge is -2.10. The lowest BCUT2D eigenvalue weighted by molar-refractivity contribution is 0.236. The number of thiophene rings is 1. The summed E-state index contributed by atoms with van der Waals surface area (Å²) in [6.07, 6.45) is 0.114. The van der Waals surface area contributed by atoms with Crippen molar-refractivity contribution in [3.05, 3.63) is 10.9 Å². The molecule has 4 nitrogen and oxygen atoms in total. The molecule has 0 unspecified atom stereocenters. The van der Waals surface area contributed by atoms with E-state index in [0.29, 0.717) is 11.8 Å². The number of hydrogen-bond acceptors (Lipinski definition) is 5. The molecule has 0 fully saturated rings. The van der Waals surface area contributed by atoms with Gasteiger partial charge >= 0.3 is 0 Å². The van der Waals surface area contributed by atoms with Crippen molar-refractivity contribution < 1.29 is 4.74 Å². The maximum absolute atomic E-state index is 5.70. The van der Waals surface area contributed by atoms with Gasteiger partial charge in [0.05, 0.1) is 11.5 Å². The van der Waals surface area contributed by atoms with Gasteiger partial charge in [-0.25, -0.2) is 4.98 Å². The number of rotatable bonds is 3. The number of nitrogens with zero attached hydrogens (tertiary/aromatic N) is 2. The third kappa shape index (κ3) is 2.09. The summed E-state index contributed by atoms with van der Waals surface area (Å²) in [5, 5.41) is 3.94. The van der Waals surface area contributed by atoms with Crippen LogP contribution in [0.4, 0.5) is 5.95 Å². The molecule has 0 radical (unpaired) electrons. The molecule has 0 bridgehead atoms. The molecule has 2 heterocycles. The van der Waals surface area contributed by atoms with Gasteiger partial charge in [0, 0.05) is 11.9 Å². The van der Waals surface area contributed by atoms with Crippen LogP contribution in [0.2, 0.25) is 0 Å². The lowest BCUT2D eigenvalue weighted by atomic mass is 10.3. The van der Waals surface area contributed by atoms with Crippen molar-refractivity contribution in [2.45, 2.75) is 26.9 Å². The van der Waals surface area contributed by atoms with Crippen LogP contribution in [0.1, 0.15) is 18.7 Å². The molecule has 1 N–H and O–H groups in total. The molecular weight excluding hydrogens is 222 g/mol. The second-order valence-electron chi connectivity index (χ2n) is 3.84. The highest BCUT2D eigenvalue weighted by molar-refractivity contribution is 7.18. The summed E-state index contributed by atoms with van der Waals surface area (Å²) in [7, 11) is 1.81. The minimum absolute atomic E-state index is 0.114. The van der Waals surface area contributed by atoms with Crippen molar-refractivity contribution in [3.63, 3.8) is 0 Å². The van der Waals surface area contributed by atoms with Crippen molar-refractivity contribution in [1.29, 1.82) is 0 Å². The monoisotopic (exact) mass is 237 g/mol. The molecule has 0 saturated heterocycles. The molecule has 86 valence electrons. The van der Waals surface area contributed by atoms with Gasteiger partial charge in [-0.1, -0.05) is 0 Å². The van der Waals surface area contributed by atoms with Crippen molar-refractivity contribution in [2.75, 3.05) is 12.4 Å². The zero-order valence-corrected chi connectivity index (χ0v) is 10.7. The smallest absolute Gasteiger partial charge is 0.227 e. The molecule has 0 amide bonds. The SMILES string of the molecule is CNc1nc(OC(C)C)c2cc(C)sc2n1. The molecule has 5 heteroatoms. The Kier molecular flexibility index (Phi) is 2.96. The van der Waals surface area contributed by atoms with Crippen LogP contribution in [0.3, 0.4) is 0 Å². The third-order valence-corrected chi connectivity index (χ3v) is 3.00. The zero-order chi connectivity index (χ0) is 11.7. The number of aromatic nitrogens is 2. The van der Waals surface area contributed by atoms with E-state index in [-0.39, 0.29) is 6.10 Å². The standard InChI is InChI=1S/C11H15N3OS/c1-6(2)15-9-8-5-7(3)16-10(8)14-11(12-4)13-9/h5-6H,1-4H3,(H,12,13,14). The van der Waals surface area contributed by atoms with Crippen molar-refractivity contribution in [3.8, 4) is 5.88 Å². The first-order valence-electron chi connectivity index (χ1n) is 5.22. The summed E-state index contributed by atoms with van der Waals surface area (Å²) < 4.78 is 5.70. The van der Waals surface area contributed by atoms with Gasteiger partial charge in [0.15, 0.2) is 0 Å². The van der Waals surface area contributed by atoms with Gasteiger partial charge in [-0.3, -0.25) is 0 Å². The first-order valence-corrected chi connectivity index (χ1v) is 6.04. The van der Waals surface area contributed by atoms with Crippen molar-refractivity contribution in [2.24, 2.45) is 0 Å². The van der Waals surface area contributed by atoms with E-state index in [0.717, 1.165) is 10.2 Å². The molecule has 0 spiro atoms. The average molecular weight is 237 g/mol. The normalized spacial score (nSPS) is 11.1. The molecule has 2 aromatic rings. The van der Waals surface area contributed by atoms with E-state index >= 15 is 0 Å². The van der Waals surface area contributed by atoms with Crippen LogP contribution in [0.25, 0.3) is 10.2 Å². The fourth-order valence-corrected chi connectivity index (χ4v) is 2.31. The van der Waals surface area contributed by atoms with Gasteiger partial charge in [0.1, 0.15) is 4.83 Å². The largest absolute Gasteiger partial charge is 0.474 e. The Morgan fingerprint density at radius 1 is 1.38 bits per heavy atom. The van der Waals surface area contributed by atoms with Crippen molar-refractivity contribution in [1.82, 2.24) is 9.97 Å². The van der Waals surface area contributed by atoms with Gasteiger partial charge in [-0.2, -0.15) is 4.98 Å². The first kappa shape index (κ1) is 11.1. The minimum atomic E-state index is 0.114. The van der Waals surface area contributed by atoms with E-state index in [4.69, 9.17) is 4.74 Å². The van der Waals surface area contributed by atoms with E-state index in [1.807, 2.05) is 13.8 Å². The number of ether oxygens (including phenoxy) is 1. The maximum Gasteiger partial charge on any atom is 0.227 e. The third-order valence-electron chi connectivity index (χ3n) is 2.05. The number of hydrogen-bond donors (Lipinski definition) is 1. The van der Waals surface area contributed by atoms with Crippen molar-refractivity contribution >= 4 is 27.5 Å². The Hall–Kier alpha value is -1.36. The Balaban J connectivity index is 2.58. The highest BCUT2D eigenvalue weighted by Crippen LogP contribution is 2.31. The average Bonchev–Trinajstić information content (AvgIpc) is 2.57. The summed E-state index contributed by atoms with van der Waals surface area (Å²) in [5.41, 5.74) is 0. The van der Waals surface area contributed by atoms with Crippen LogP contribution < -0.4 is 10.1 Å². The van der Waals surface area contributed by atoms with Crippen LogP contribution in [0.5, 0.6) is 5.88 Å². The predicted molar refractivity (Wildman–Crippen MR) is 67.5 cm³/mol. The summed E-state index contributed by atoms with van der Waals surface area (Å²) in [6.45, 7) is 6.04. The molecule has 2 rings (SSSR count). The fraction of sp³-hybridized carbons (Fsp3) is 0.455. The second-order valence-corrected chi connectivity index (χ2v) is 5.08. The molecule has 0 saturated carbocycles. The van der Waals surface area contributed by atoms with Gasteiger partial charge in [0.25, 0.3) is 0 Å². The Labute approximate surface area is 98.7 Å². The summed E-state index contributed by atoms with van der Waals surface area (Å²) in [5.74, 6) is 1.26. The number of fused-ring (bicyclic) bond motifs is 1. The molecule has 16 heavy (non-hydrogen) atoms. The second kappa shape index (κ2) is 4.25. The number of anilines is 1. The minimum Gasteiger partial charge on any atom is -0.474 e. The Morgan fingerprint density at radius 2 is 2.12 bits per heavy atom. The molecule has 0 aliphatic rings. The predicted octanol–water partition coefficient (Wildman–Crippen LogP) is 2.83. The Bertz CT molecular complexity index is 507. The van der Waals surface area contributed by atoms with Gasteiger partial charge in [-0.15, -0.1) is 11.3 Å². The summed E-state index contributed by atoms with van der Waals surface area (Å²) in [6, 6.07) is 2.07. The topological polar surface area (TPSA) is 47.0 Å². The van der Waals surface area contributed by atoms with Crippen LogP contribution in [0.15, 0.2) is 6.07 Å². The fourth-order valence-electron chi connectivity index (χ4n) is 1.44. The molecule has 0 aliphatic carbocycles. The van der Waals surface area contributed by atoms with Crippen LogP contribution in [0, 0.1) is 6.92 Å². The molecular formula is C11H15N3OS. The molecule has 2 aromatic heterocycles. The van der Waals surface area contributed by atoms with Crippen LogP contribution >= 0.6 is 11.3 Å². The quantitative estimate of drug-likeness (QED) is 0.891. The first-order chi connectivity index (χ1) is 7.60. The number of aryl methyl sites for hydroxylation is 1.